The Morgan fingerprint density at radius 3 is 2.07 bits per heavy atom. The molecule has 0 aliphatic rings. The van der Waals surface area contributed by atoms with Crippen LogP contribution in [0.1, 0.15) is 49.4 Å². The van der Waals surface area contributed by atoms with Gasteiger partial charge in [-0.15, -0.1) is 30.0 Å². The van der Waals surface area contributed by atoms with Crippen LogP contribution >= 0.6 is 11.6 Å². The molecule has 0 amide bonds. The second-order valence-electron chi connectivity index (χ2n) is 12.1. The molecule has 0 saturated heterocycles. The molecule has 2 aromatic heterocycles. The van der Waals surface area contributed by atoms with Crippen LogP contribution in [0.4, 0.5) is 0 Å². The number of nitrogens with zero attached hydrogens (tertiary/aromatic N) is 6. The fourth-order valence-corrected chi connectivity index (χ4v) is 5.41. The molecule has 0 aliphatic heterocycles. The zero-order chi connectivity index (χ0) is 32.6. The van der Waals surface area contributed by atoms with Gasteiger partial charge in [-0.25, -0.2) is 4.79 Å². The molecule has 0 atom stereocenters. The van der Waals surface area contributed by atoms with Gasteiger partial charge in [0.1, 0.15) is 44.9 Å². The maximum Gasteiger partial charge on any atom is 0.330 e. The minimum atomic E-state index is -0.479. The van der Waals surface area contributed by atoms with Crippen molar-refractivity contribution < 1.29 is 19.7 Å². The van der Waals surface area contributed by atoms with Crippen LogP contribution in [0.5, 0.6) is 11.5 Å². The number of aromatic nitrogens is 6. The van der Waals surface area contributed by atoms with Gasteiger partial charge < -0.3 is 14.9 Å². The first-order chi connectivity index (χ1) is 22.0. The number of carbonyl (C=O) groups is 1. The van der Waals surface area contributed by atoms with E-state index in [1.807, 2.05) is 48.5 Å². The van der Waals surface area contributed by atoms with Gasteiger partial charge in [-0.2, -0.15) is 0 Å². The molecular formula is C35H33ClN6O4. The maximum atomic E-state index is 11.7. The van der Waals surface area contributed by atoms with E-state index in [0.717, 1.165) is 17.2 Å². The predicted molar refractivity (Wildman–Crippen MR) is 177 cm³/mol. The molecule has 0 saturated carbocycles. The molecule has 0 radical (unpaired) electrons. The molecule has 2 heterocycles. The monoisotopic (exact) mass is 636 g/mol. The number of esters is 1. The Bertz CT molecular complexity index is 2080. The number of benzene rings is 4. The highest BCUT2D eigenvalue weighted by atomic mass is 35.5. The molecule has 46 heavy (non-hydrogen) atoms. The summed E-state index contributed by atoms with van der Waals surface area (Å²) in [6.07, 6.45) is 2.42. The Morgan fingerprint density at radius 2 is 1.43 bits per heavy atom. The summed E-state index contributed by atoms with van der Waals surface area (Å²) >= 11 is 6.19. The highest BCUT2D eigenvalue weighted by Gasteiger charge is 2.23. The smallest absolute Gasteiger partial charge is 0.330 e. The number of fused-ring (bicyclic) bond motifs is 2. The second kappa shape index (κ2) is 12.3. The Balaban J connectivity index is 1.44. The topological polar surface area (TPSA) is 128 Å². The SMILES string of the molecule is C=CC(=O)OCCCc1cc(Cc2cc(C(C)(C)C)cc(-n3nc4ccc(Cl)cc4n3)c2O)c(O)c(-n2nc3ccccc3n2)c1. The van der Waals surface area contributed by atoms with Gasteiger partial charge in [0.05, 0.1) is 6.61 Å². The first kappa shape index (κ1) is 30.8. The molecule has 10 nitrogen and oxygen atoms in total. The summed E-state index contributed by atoms with van der Waals surface area (Å²) in [5.74, 6) is -0.501. The van der Waals surface area contributed by atoms with Gasteiger partial charge in [-0.05, 0) is 71.8 Å². The molecule has 11 heteroatoms. The Labute approximate surface area is 270 Å². The van der Waals surface area contributed by atoms with Gasteiger partial charge in [0.2, 0.25) is 0 Å². The number of phenols is 2. The quantitative estimate of drug-likeness (QED) is 0.101. The van der Waals surface area contributed by atoms with Crippen molar-refractivity contribution in [1.82, 2.24) is 30.0 Å². The summed E-state index contributed by atoms with van der Waals surface area (Å²) in [5, 5.41) is 42.2. The molecule has 6 rings (SSSR count). The predicted octanol–water partition coefficient (Wildman–Crippen LogP) is 6.77. The lowest BCUT2D eigenvalue weighted by Crippen LogP contribution is -2.14. The Hall–Kier alpha value is -5.22. The average Bonchev–Trinajstić information content (AvgIpc) is 3.65. The van der Waals surface area contributed by atoms with Crippen molar-refractivity contribution in [2.45, 2.75) is 45.4 Å². The molecular weight excluding hydrogens is 604 g/mol. The van der Waals surface area contributed by atoms with E-state index in [0.29, 0.717) is 62.4 Å². The van der Waals surface area contributed by atoms with Gasteiger partial charge >= 0.3 is 5.97 Å². The molecule has 2 N–H and O–H groups in total. The lowest BCUT2D eigenvalue weighted by Gasteiger charge is -2.22. The lowest BCUT2D eigenvalue weighted by molar-refractivity contribution is -0.137. The molecule has 4 aromatic carbocycles. The third kappa shape index (κ3) is 6.29. The van der Waals surface area contributed by atoms with E-state index in [2.05, 4.69) is 47.7 Å². The van der Waals surface area contributed by atoms with Crippen molar-refractivity contribution in [2.75, 3.05) is 6.61 Å². The van der Waals surface area contributed by atoms with Gasteiger partial charge in [0.25, 0.3) is 0 Å². The van der Waals surface area contributed by atoms with E-state index in [1.54, 1.807) is 18.2 Å². The number of carbonyl (C=O) groups excluding carboxylic acids is 1. The van der Waals surface area contributed by atoms with Crippen LogP contribution in [0, 0.1) is 0 Å². The number of aromatic hydroxyl groups is 2. The van der Waals surface area contributed by atoms with Crippen LogP contribution in [-0.4, -0.2) is 52.8 Å². The van der Waals surface area contributed by atoms with Gasteiger partial charge in [-0.3, -0.25) is 0 Å². The largest absolute Gasteiger partial charge is 0.505 e. The molecule has 0 fully saturated rings. The third-order valence-electron chi connectivity index (χ3n) is 7.72. The maximum absolute atomic E-state index is 11.7. The zero-order valence-electron chi connectivity index (χ0n) is 25.7. The first-order valence-electron chi connectivity index (χ1n) is 14.9. The van der Waals surface area contributed by atoms with Crippen LogP contribution in [0.2, 0.25) is 5.02 Å². The second-order valence-corrected chi connectivity index (χ2v) is 12.6. The van der Waals surface area contributed by atoms with Crippen LogP contribution in [0.15, 0.2) is 79.4 Å². The van der Waals surface area contributed by atoms with Crippen molar-refractivity contribution >= 4 is 39.6 Å². The van der Waals surface area contributed by atoms with Crippen LogP contribution < -0.4 is 0 Å². The minimum absolute atomic E-state index is 0.00922. The molecule has 234 valence electrons. The van der Waals surface area contributed by atoms with Crippen molar-refractivity contribution in [3.05, 3.63) is 107 Å². The normalized spacial score (nSPS) is 11.7. The summed E-state index contributed by atoms with van der Waals surface area (Å²) in [6.45, 7) is 9.91. The zero-order valence-corrected chi connectivity index (χ0v) is 26.5. The summed E-state index contributed by atoms with van der Waals surface area (Å²) in [6, 6.07) is 20.3. The summed E-state index contributed by atoms with van der Waals surface area (Å²) in [7, 11) is 0. The van der Waals surface area contributed by atoms with Gasteiger partial charge in [-0.1, -0.05) is 63.2 Å². The van der Waals surface area contributed by atoms with E-state index in [-0.39, 0.29) is 29.9 Å². The van der Waals surface area contributed by atoms with E-state index in [9.17, 15) is 15.0 Å². The first-order valence-corrected chi connectivity index (χ1v) is 15.2. The molecule has 0 spiro atoms. The molecule has 0 bridgehead atoms. The number of hydrogen-bond donors (Lipinski definition) is 2. The summed E-state index contributed by atoms with van der Waals surface area (Å²) < 4.78 is 5.17. The standard InChI is InChI=1S/C35H33ClN6O4/c1-5-32(43)46-14-8-9-21-15-22(33(44)30(16-21)41-37-26-10-6-7-11-27(26)38-41)17-23-18-24(35(2,3)4)19-31(34(23)45)42-39-28-13-12-25(36)20-29(28)40-42/h5-7,10-13,15-16,18-20,44-45H,1,8-9,14,17H2,2-4H3. The minimum Gasteiger partial charge on any atom is -0.505 e. The Morgan fingerprint density at radius 1 is 0.848 bits per heavy atom. The van der Waals surface area contributed by atoms with Gasteiger partial charge in [0.15, 0.2) is 0 Å². The number of halogens is 1. The number of aryl methyl sites for hydroxylation is 1. The molecule has 6 aromatic rings. The summed E-state index contributed by atoms with van der Waals surface area (Å²) in [4.78, 5) is 14.4. The van der Waals surface area contributed by atoms with E-state index >= 15 is 0 Å². The fraction of sp³-hybridized carbons (Fsp3) is 0.229. The highest BCUT2D eigenvalue weighted by molar-refractivity contribution is 6.31. The molecule has 0 aliphatic carbocycles. The van der Waals surface area contributed by atoms with Crippen LogP contribution in [-0.2, 0) is 27.8 Å². The number of phenolic OH excluding ortho intramolecular Hbond substituents is 2. The van der Waals surface area contributed by atoms with E-state index in [1.165, 1.54) is 9.59 Å². The van der Waals surface area contributed by atoms with Gasteiger partial charge in [0, 0.05) is 28.6 Å². The van der Waals surface area contributed by atoms with Crippen LogP contribution in [0.25, 0.3) is 33.4 Å². The van der Waals surface area contributed by atoms with Crippen molar-refractivity contribution in [3.8, 4) is 22.9 Å². The summed E-state index contributed by atoms with van der Waals surface area (Å²) in [5.41, 5.74) is 6.12. The number of ether oxygens (including phenoxy) is 1. The average molecular weight is 637 g/mol. The lowest BCUT2D eigenvalue weighted by atomic mass is 9.84. The third-order valence-corrected chi connectivity index (χ3v) is 7.96. The van der Waals surface area contributed by atoms with E-state index in [4.69, 9.17) is 16.3 Å². The van der Waals surface area contributed by atoms with E-state index < -0.39 is 5.97 Å². The number of hydrogen-bond acceptors (Lipinski definition) is 8. The van der Waals surface area contributed by atoms with Crippen LogP contribution in [0.3, 0.4) is 0 Å². The van der Waals surface area contributed by atoms with Crippen molar-refractivity contribution in [3.63, 3.8) is 0 Å². The Kier molecular flexibility index (Phi) is 8.22. The van der Waals surface area contributed by atoms with Crippen molar-refractivity contribution in [2.24, 2.45) is 0 Å². The molecule has 0 unspecified atom stereocenters. The number of rotatable bonds is 9. The van der Waals surface area contributed by atoms with Crippen molar-refractivity contribution in [1.29, 1.82) is 0 Å². The highest BCUT2D eigenvalue weighted by Crippen LogP contribution is 2.37. The fourth-order valence-electron chi connectivity index (χ4n) is 5.25.